The lowest BCUT2D eigenvalue weighted by Crippen LogP contribution is -2.49. The van der Waals surface area contributed by atoms with Crippen LogP contribution in [0.4, 0.5) is 0 Å². The first-order valence-corrected chi connectivity index (χ1v) is 6.77. The van der Waals surface area contributed by atoms with Crippen LogP contribution in [0.1, 0.15) is 25.2 Å². The van der Waals surface area contributed by atoms with E-state index in [0.717, 1.165) is 18.9 Å². The van der Waals surface area contributed by atoms with Gasteiger partial charge in [0.05, 0.1) is 19.1 Å². The fourth-order valence-corrected chi connectivity index (χ4v) is 2.32. The highest BCUT2D eigenvalue weighted by Gasteiger charge is 2.29. The molecule has 2 heterocycles. The third kappa shape index (κ3) is 3.54. The lowest BCUT2D eigenvalue weighted by molar-refractivity contribution is -0.135. The fourth-order valence-electron chi connectivity index (χ4n) is 2.32. The minimum absolute atomic E-state index is 0.153. The van der Waals surface area contributed by atoms with Crippen LogP contribution in [0.15, 0.2) is 12.4 Å². The number of ether oxygens (including phenoxy) is 1. The predicted molar refractivity (Wildman–Crippen MR) is 71.6 cm³/mol. The Kier molecular flexibility index (Phi) is 4.93. The summed E-state index contributed by atoms with van der Waals surface area (Å²) in [5, 5.41) is 0. The Hall–Kier alpha value is -1.40. The summed E-state index contributed by atoms with van der Waals surface area (Å²) in [5.74, 6) is 1.09. The van der Waals surface area contributed by atoms with Crippen LogP contribution in [0.2, 0.25) is 0 Å². The largest absolute Gasteiger partial charge is 0.381 e. The van der Waals surface area contributed by atoms with Crippen molar-refractivity contribution in [1.29, 1.82) is 0 Å². The molecule has 1 unspecified atom stereocenters. The molecule has 1 fully saturated rings. The van der Waals surface area contributed by atoms with Gasteiger partial charge in [0.2, 0.25) is 5.91 Å². The van der Waals surface area contributed by atoms with E-state index in [0.29, 0.717) is 26.2 Å². The number of nitrogens with zero attached hydrogens (tertiary/aromatic N) is 3. The lowest BCUT2D eigenvalue weighted by atomic mass is 10.1. The normalized spacial score (nSPS) is 20.7. The number of piperazine rings is 1. The topological polar surface area (TPSA) is 61.5 Å². The van der Waals surface area contributed by atoms with Gasteiger partial charge in [-0.15, -0.1) is 0 Å². The summed E-state index contributed by atoms with van der Waals surface area (Å²) in [7, 11) is 2.06. The lowest BCUT2D eigenvalue weighted by Gasteiger charge is -2.38. The van der Waals surface area contributed by atoms with Gasteiger partial charge in [-0.1, -0.05) is 0 Å². The van der Waals surface area contributed by atoms with Gasteiger partial charge in [-0.2, -0.15) is 0 Å². The Morgan fingerprint density at radius 3 is 3.11 bits per heavy atom. The van der Waals surface area contributed by atoms with Crippen molar-refractivity contribution >= 4 is 5.91 Å². The Bertz CT molecular complexity index is 393. The van der Waals surface area contributed by atoms with Crippen molar-refractivity contribution in [2.75, 3.05) is 39.9 Å². The molecule has 0 aromatic carbocycles. The van der Waals surface area contributed by atoms with Crippen LogP contribution in [0.25, 0.3) is 0 Å². The van der Waals surface area contributed by atoms with Crippen LogP contribution in [0.3, 0.4) is 0 Å². The molecule has 1 aromatic rings. The average Bonchev–Trinajstić information content (AvgIpc) is 2.93. The summed E-state index contributed by atoms with van der Waals surface area (Å²) < 4.78 is 5.24. The highest BCUT2D eigenvalue weighted by Crippen LogP contribution is 2.21. The molecule has 0 aliphatic carbocycles. The van der Waals surface area contributed by atoms with E-state index < -0.39 is 0 Å². The molecule has 1 saturated heterocycles. The van der Waals surface area contributed by atoms with E-state index >= 15 is 0 Å². The Balaban J connectivity index is 1.91. The summed E-state index contributed by atoms with van der Waals surface area (Å²) in [6.07, 6.45) is 4.03. The molecule has 106 valence electrons. The van der Waals surface area contributed by atoms with Crippen LogP contribution in [0, 0.1) is 0 Å². The summed E-state index contributed by atoms with van der Waals surface area (Å²) in [6, 6.07) is 0.153. The number of carbonyl (C=O) groups excluding carboxylic acids is 1. The van der Waals surface area contributed by atoms with E-state index in [9.17, 15) is 4.79 Å². The summed E-state index contributed by atoms with van der Waals surface area (Å²) >= 11 is 0. The number of amides is 1. The van der Waals surface area contributed by atoms with Gasteiger partial charge in [-0.25, -0.2) is 4.98 Å². The molecule has 0 saturated carbocycles. The second kappa shape index (κ2) is 6.68. The molecular weight excluding hydrogens is 244 g/mol. The fraction of sp³-hybridized carbons (Fsp3) is 0.692. The number of aromatic amines is 1. The first-order valence-electron chi connectivity index (χ1n) is 6.77. The molecular formula is C13H22N4O2. The van der Waals surface area contributed by atoms with E-state index in [1.165, 1.54) is 0 Å². The van der Waals surface area contributed by atoms with Gasteiger partial charge in [0, 0.05) is 38.6 Å². The van der Waals surface area contributed by atoms with Crippen molar-refractivity contribution in [3.8, 4) is 0 Å². The number of aromatic nitrogens is 2. The van der Waals surface area contributed by atoms with Crippen LogP contribution in [-0.4, -0.2) is 65.6 Å². The van der Waals surface area contributed by atoms with Gasteiger partial charge in [0.25, 0.3) is 0 Å². The molecule has 1 amide bonds. The maximum atomic E-state index is 12.1. The SMILES string of the molecule is CCOCCC(=O)N1CCN(C)C(c2ncc[nH]2)C1. The molecule has 0 spiro atoms. The molecule has 2 rings (SSSR count). The average molecular weight is 266 g/mol. The third-order valence-electron chi connectivity index (χ3n) is 3.50. The summed E-state index contributed by atoms with van der Waals surface area (Å²) in [6.45, 7) is 5.44. The zero-order chi connectivity index (χ0) is 13.7. The molecule has 1 aliphatic rings. The Labute approximate surface area is 113 Å². The molecule has 1 aliphatic heterocycles. The number of likely N-dealkylation sites (N-methyl/N-ethyl adjacent to an activating group) is 1. The molecule has 1 atom stereocenters. The molecule has 1 aromatic heterocycles. The highest BCUT2D eigenvalue weighted by molar-refractivity contribution is 5.76. The van der Waals surface area contributed by atoms with E-state index in [2.05, 4.69) is 21.9 Å². The zero-order valence-corrected chi connectivity index (χ0v) is 11.6. The van der Waals surface area contributed by atoms with Gasteiger partial charge in [-0.3, -0.25) is 9.69 Å². The van der Waals surface area contributed by atoms with Crippen LogP contribution < -0.4 is 0 Å². The second-order valence-corrected chi connectivity index (χ2v) is 4.76. The number of nitrogens with one attached hydrogen (secondary N) is 1. The number of rotatable bonds is 5. The maximum absolute atomic E-state index is 12.1. The third-order valence-corrected chi connectivity index (χ3v) is 3.50. The number of H-pyrrole nitrogens is 1. The monoisotopic (exact) mass is 266 g/mol. The second-order valence-electron chi connectivity index (χ2n) is 4.76. The Morgan fingerprint density at radius 2 is 2.42 bits per heavy atom. The highest BCUT2D eigenvalue weighted by atomic mass is 16.5. The molecule has 0 radical (unpaired) electrons. The number of hydrogen-bond donors (Lipinski definition) is 1. The van der Waals surface area contributed by atoms with Crippen LogP contribution in [-0.2, 0) is 9.53 Å². The van der Waals surface area contributed by atoms with Crippen molar-refractivity contribution < 1.29 is 9.53 Å². The van der Waals surface area contributed by atoms with Crippen LogP contribution in [0.5, 0.6) is 0 Å². The van der Waals surface area contributed by atoms with Crippen molar-refractivity contribution in [2.45, 2.75) is 19.4 Å². The van der Waals surface area contributed by atoms with Gasteiger partial charge in [0.15, 0.2) is 0 Å². The van der Waals surface area contributed by atoms with Crippen molar-refractivity contribution in [3.63, 3.8) is 0 Å². The quantitative estimate of drug-likeness (QED) is 0.795. The molecule has 6 heteroatoms. The minimum Gasteiger partial charge on any atom is -0.381 e. The van der Waals surface area contributed by atoms with E-state index in [1.54, 1.807) is 6.20 Å². The summed E-state index contributed by atoms with van der Waals surface area (Å²) in [5.41, 5.74) is 0. The van der Waals surface area contributed by atoms with Crippen LogP contribution >= 0.6 is 0 Å². The maximum Gasteiger partial charge on any atom is 0.224 e. The first-order chi connectivity index (χ1) is 9.22. The molecule has 0 bridgehead atoms. The van der Waals surface area contributed by atoms with Gasteiger partial charge < -0.3 is 14.6 Å². The van der Waals surface area contributed by atoms with E-state index in [4.69, 9.17) is 4.74 Å². The van der Waals surface area contributed by atoms with E-state index in [-0.39, 0.29) is 11.9 Å². The number of imidazole rings is 1. The minimum atomic E-state index is 0.153. The van der Waals surface area contributed by atoms with Crippen molar-refractivity contribution in [2.24, 2.45) is 0 Å². The smallest absolute Gasteiger partial charge is 0.224 e. The molecule has 1 N–H and O–H groups in total. The van der Waals surface area contributed by atoms with Crippen molar-refractivity contribution in [3.05, 3.63) is 18.2 Å². The Morgan fingerprint density at radius 1 is 1.58 bits per heavy atom. The number of hydrogen-bond acceptors (Lipinski definition) is 4. The van der Waals surface area contributed by atoms with Gasteiger partial charge in [0.1, 0.15) is 5.82 Å². The van der Waals surface area contributed by atoms with E-state index in [1.807, 2.05) is 18.0 Å². The zero-order valence-electron chi connectivity index (χ0n) is 11.6. The standard InChI is InChI=1S/C13H22N4O2/c1-3-19-9-4-12(18)17-8-7-16(2)11(10-17)13-14-5-6-15-13/h5-6,11H,3-4,7-10H2,1-2H3,(H,14,15). The molecule has 6 nitrogen and oxygen atoms in total. The van der Waals surface area contributed by atoms with Gasteiger partial charge in [-0.05, 0) is 14.0 Å². The first kappa shape index (κ1) is 14.0. The number of carbonyl (C=O) groups is 1. The van der Waals surface area contributed by atoms with Gasteiger partial charge >= 0.3 is 0 Å². The predicted octanol–water partition coefficient (Wildman–Crippen LogP) is 0.651. The molecule has 19 heavy (non-hydrogen) atoms. The van der Waals surface area contributed by atoms with Crippen molar-refractivity contribution in [1.82, 2.24) is 19.8 Å². The summed E-state index contributed by atoms with van der Waals surface area (Å²) in [4.78, 5) is 23.7.